The summed E-state index contributed by atoms with van der Waals surface area (Å²) < 4.78 is 2.15. The van der Waals surface area contributed by atoms with E-state index in [0.717, 1.165) is 42.0 Å². The SMILES string of the molecule is Cc1ccn(C2CN(C3CCC4(CC3)C[C@]4(C)c3sc4c(c3C)C(=O)N(Cc3c(C)cc(C)[nH]c3=O)CC4)C2)n1. The Morgan fingerprint density at radius 1 is 1.10 bits per heavy atom. The van der Waals surface area contributed by atoms with E-state index in [9.17, 15) is 9.59 Å². The fourth-order valence-corrected chi connectivity index (χ4v) is 9.82. The number of nitrogens with zero attached hydrogens (tertiary/aromatic N) is 4. The van der Waals surface area contributed by atoms with Crippen molar-refractivity contribution in [1.82, 2.24) is 24.6 Å². The fourth-order valence-electron chi connectivity index (χ4n) is 8.26. The predicted molar refractivity (Wildman–Crippen MR) is 158 cm³/mol. The van der Waals surface area contributed by atoms with E-state index in [1.165, 1.54) is 47.4 Å². The van der Waals surface area contributed by atoms with Crippen molar-refractivity contribution in [2.45, 2.75) is 97.2 Å². The number of aromatic nitrogens is 3. The van der Waals surface area contributed by atoms with Gasteiger partial charge >= 0.3 is 0 Å². The maximum Gasteiger partial charge on any atom is 0.255 e. The second-order valence-corrected chi connectivity index (χ2v) is 14.4. The maximum absolute atomic E-state index is 13.8. The van der Waals surface area contributed by atoms with Gasteiger partial charge in [-0.25, -0.2) is 0 Å². The number of amides is 1. The molecule has 2 aliphatic heterocycles. The average Bonchev–Trinajstić information content (AvgIpc) is 3.14. The second-order valence-electron chi connectivity index (χ2n) is 13.3. The monoisotopic (exact) mass is 559 g/mol. The van der Waals surface area contributed by atoms with Crippen LogP contribution in [0.25, 0.3) is 0 Å². The van der Waals surface area contributed by atoms with Crippen LogP contribution < -0.4 is 5.56 Å². The molecular formula is C32H41N5O2S. The molecule has 5 heterocycles. The Kier molecular flexibility index (Phi) is 5.99. The Bertz CT molecular complexity index is 1550. The van der Waals surface area contributed by atoms with Gasteiger partial charge in [-0.05, 0) is 88.5 Å². The molecule has 0 bridgehead atoms. The van der Waals surface area contributed by atoms with Gasteiger partial charge in [-0.3, -0.25) is 19.2 Å². The summed E-state index contributed by atoms with van der Waals surface area (Å²) >= 11 is 1.91. The Morgan fingerprint density at radius 2 is 1.85 bits per heavy atom. The highest BCUT2D eigenvalue weighted by Gasteiger charge is 2.66. The van der Waals surface area contributed by atoms with Crippen LogP contribution in [-0.4, -0.2) is 56.1 Å². The molecule has 3 aromatic rings. The topological polar surface area (TPSA) is 74.2 Å². The summed E-state index contributed by atoms with van der Waals surface area (Å²) in [4.78, 5) is 36.6. The third-order valence-corrected chi connectivity index (χ3v) is 12.5. The molecule has 3 aromatic heterocycles. The lowest BCUT2D eigenvalue weighted by molar-refractivity contribution is 0.0239. The first kappa shape index (κ1) is 26.2. The molecular weight excluding hydrogens is 518 g/mol. The number of hydrogen-bond acceptors (Lipinski definition) is 5. The van der Waals surface area contributed by atoms with Crippen molar-refractivity contribution in [3.05, 3.63) is 72.1 Å². The van der Waals surface area contributed by atoms with E-state index >= 15 is 0 Å². The van der Waals surface area contributed by atoms with E-state index in [1.54, 1.807) is 0 Å². The lowest BCUT2D eigenvalue weighted by atomic mass is 9.76. The van der Waals surface area contributed by atoms with Crippen molar-refractivity contribution in [2.75, 3.05) is 19.6 Å². The molecule has 0 unspecified atom stereocenters. The number of aromatic amines is 1. The van der Waals surface area contributed by atoms with Gasteiger partial charge in [-0.15, -0.1) is 11.3 Å². The molecule has 1 atom stereocenters. The van der Waals surface area contributed by atoms with Crippen LogP contribution in [0.1, 0.15) is 93.3 Å². The van der Waals surface area contributed by atoms with E-state index in [0.29, 0.717) is 36.2 Å². The minimum Gasteiger partial charge on any atom is -0.334 e. The molecule has 212 valence electrons. The van der Waals surface area contributed by atoms with Crippen LogP contribution in [0.5, 0.6) is 0 Å². The van der Waals surface area contributed by atoms with Crippen LogP contribution in [0.3, 0.4) is 0 Å². The number of fused-ring (bicyclic) bond motifs is 1. The number of nitrogens with one attached hydrogen (secondary N) is 1. The van der Waals surface area contributed by atoms with Crippen LogP contribution in [-0.2, 0) is 18.4 Å². The van der Waals surface area contributed by atoms with Crippen LogP contribution in [0.2, 0.25) is 0 Å². The van der Waals surface area contributed by atoms with Crippen LogP contribution in [0.15, 0.2) is 23.1 Å². The van der Waals surface area contributed by atoms with Crippen molar-refractivity contribution >= 4 is 17.2 Å². The summed E-state index contributed by atoms with van der Waals surface area (Å²) in [6, 6.07) is 5.32. The number of rotatable bonds is 5. The summed E-state index contributed by atoms with van der Waals surface area (Å²) in [7, 11) is 0. The summed E-state index contributed by atoms with van der Waals surface area (Å²) in [6.07, 6.45) is 9.38. The highest BCUT2D eigenvalue weighted by Crippen LogP contribution is 2.72. The highest BCUT2D eigenvalue weighted by molar-refractivity contribution is 7.12. The number of carbonyl (C=O) groups is 1. The molecule has 8 heteroatoms. The molecule has 0 aromatic carbocycles. The smallest absolute Gasteiger partial charge is 0.255 e. The number of aryl methyl sites for hydroxylation is 3. The van der Waals surface area contributed by atoms with Crippen molar-refractivity contribution in [2.24, 2.45) is 5.41 Å². The first-order valence-corrected chi connectivity index (χ1v) is 15.8. The highest BCUT2D eigenvalue weighted by atomic mass is 32.1. The van der Waals surface area contributed by atoms with Crippen LogP contribution in [0, 0.1) is 33.1 Å². The van der Waals surface area contributed by atoms with Crippen molar-refractivity contribution in [1.29, 1.82) is 0 Å². The van der Waals surface area contributed by atoms with E-state index in [1.807, 2.05) is 36.2 Å². The van der Waals surface area contributed by atoms with Gasteiger partial charge in [0, 0.05) is 64.7 Å². The number of hydrogen-bond donors (Lipinski definition) is 1. The summed E-state index contributed by atoms with van der Waals surface area (Å²) in [5, 5.41) is 4.62. The van der Waals surface area contributed by atoms with Gasteiger partial charge in [-0.2, -0.15) is 5.10 Å². The first-order valence-electron chi connectivity index (χ1n) is 15.0. The summed E-state index contributed by atoms with van der Waals surface area (Å²) in [6.45, 7) is 13.9. The molecule has 1 saturated heterocycles. The molecule has 0 radical (unpaired) electrons. The maximum atomic E-state index is 13.8. The van der Waals surface area contributed by atoms with Crippen molar-refractivity contribution < 1.29 is 4.79 Å². The van der Waals surface area contributed by atoms with E-state index in [4.69, 9.17) is 0 Å². The third-order valence-electron chi connectivity index (χ3n) is 10.8. The Labute approximate surface area is 240 Å². The molecule has 1 N–H and O–H groups in total. The fraction of sp³-hybridized carbons (Fsp3) is 0.594. The van der Waals surface area contributed by atoms with Gasteiger partial charge in [0.2, 0.25) is 0 Å². The minimum absolute atomic E-state index is 0.0768. The number of thiophene rings is 1. The third kappa shape index (κ3) is 3.97. The molecule has 3 fully saturated rings. The zero-order valence-electron chi connectivity index (χ0n) is 24.5. The van der Waals surface area contributed by atoms with E-state index in [-0.39, 0.29) is 16.9 Å². The molecule has 4 aliphatic rings. The van der Waals surface area contributed by atoms with Crippen molar-refractivity contribution in [3.8, 4) is 0 Å². The molecule has 7 nitrogen and oxygen atoms in total. The van der Waals surface area contributed by atoms with Gasteiger partial charge in [-0.1, -0.05) is 6.92 Å². The number of likely N-dealkylation sites (tertiary alicyclic amines) is 1. The molecule has 1 spiro atoms. The van der Waals surface area contributed by atoms with Crippen LogP contribution >= 0.6 is 11.3 Å². The van der Waals surface area contributed by atoms with Gasteiger partial charge in [0.05, 0.1) is 23.8 Å². The van der Waals surface area contributed by atoms with Crippen molar-refractivity contribution in [3.63, 3.8) is 0 Å². The predicted octanol–water partition coefficient (Wildman–Crippen LogP) is 5.21. The quantitative estimate of drug-likeness (QED) is 0.466. The average molecular weight is 560 g/mol. The minimum atomic E-state index is -0.0768. The molecule has 2 saturated carbocycles. The van der Waals surface area contributed by atoms with Gasteiger partial charge in [0.15, 0.2) is 0 Å². The Hall–Kier alpha value is -2.71. The first-order chi connectivity index (χ1) is 19.1. The second kappa shape index (κ2) is 9.15. The molecule has 1 amide bonds. The Morgan fingerprint density at radius 3 is 2.52 bits per heavy atom. The van der Waals surface area contributed by atoms with Crippen LogP contribution in [0.4, 0.5) is 0 Å². The summed E-state index contributed by atoms with van der Waals surface area (Å²) in [5.41, 5.74) is 6.23. The molecule has 2 aliphatic carbocycles. The standard InChI is InChI=1S/C32H41N5O2S/c1-19-14-21(3)33-29(38)25(19)17-35-12-9-26-27(30(35)39)22(4)28(40-26)31(5)18-32(31)10-6-23(7-11-32)36-15-24(16-36)37-13-8-20(2)34-37/h8,13-14,23-24H,6-7,9-12,15-18H2,1-5H3,(H,33,38)/t23?,31-,32?/m1/s1. The van der Waals surface area contributed by atoms with Gasteiger partial charge in [0.1, 0.15) is 0 Å². The molecule has 7 rings (SSSR count). The zero-order valence-corrected chi connectivity index (χ0v) is 25.3. The van der Waals surface area contributed by atoms with E-state index in [2.05, 4.69) is 52.7 Å². The van der Waals surface area contributed by atoms with Gasteiger partial charge < -0.3 is 9.88 Å². The van der Waals surface area contributed by atoms with E-state index < -0.39 is 0 Å². The largest absolute Gasteiger partial charge is 0.334 e. The summed E-state index contributed by atoms with van der Waals surface area (Å²) in [5.74, 6) is 0.0994. The zero-order chi connectivity index (χ0) is 28.0. The number of carbonyl (C=O) groups excluding carboxylic acids is 1. The molecule has 40 heavy (non-hydrogen) atoms. The lowest BCUT2D eigenvalue weighted by Gasteiger charge is -2.47. The Balaban J connectivity index is 1.03. The lowest BCUT2D eigenvalue weighted by Crippen LogP contribution is -2.54. The van der Waals surface area contributed by atoms with Gasteiger partial charge in [0.25, 0.3) is 11.5 Å². The number of H-pyrrole nitrogens is 1. The normalized spacial score (nSPS) is 28.7. The number of pyridine rings is 1.